The normalized spacial score (nSPS) is 16.8. The molecule has 0 fully saturated rings. The number of carbonyl (C=O) groups is 1. The molecule has 3 aromatic heterocycles. The van der Waals surface area contributed by atoms with Gasteiger partial charge in [0, 0.05) is 24.1 Å². The number of nitrogens with zero attached hydrogens (tertiary/aromatic N) is 2. The number of hydrogen-bond donors (Lipinski definition) is 2. The van der Waals surface area contributed by atoms with Crippen molar-refractivity contribution in [2.75, 3.05) is 0 Å². The van der Waals surface area contributed by atoms with Crippen molar-refractivity contribution in [3.8, 4) is 0 Å². The minimum Gasteiger partial charge on any atom is -0.350 e. The Kier molecular flexibility index (Phi) is 3.62. The maximum atomic E-state index is 13.0. The van der Waals surface area contributed by atoms with Gasteiger partial charge in [0.05, 0.1) is 23.4 Å². The monoisotopic (exact) mass is 372 g/mol. The van der Waals surface area contributed by atoms with Gasteiger partial charge in [-0.3, -0.25) is 9.59 Å². The van der Waals surface area contributed by atoms with Gasteiger partial charge in [-0.25, -0.2) is 4.98 Å². The largest absolute Gasteiger partial charge is 0.350 e. The Morgan fingerprint density at radius 1 is 1.14 bits per heavy atom. The molecule has 2 N–H and O–H groups in total. The van der Waals surface area contributed by atoms with Gasteiger partial charge in [0.25, 0.3) is 5.56 Å². The summed E-state index contributed by atoms with van der Waals surface area (Å²) in [6, 6.07) is 11.9. The summed E-state index contributed by atoms with van der Waals surface area (Å²) in [4.78, 5) is 33.2. The van der Waals surface area contributed by atoms with Crippen LogP contribution in [0.5, 0.6) is 0 Å². The predicted molar refractivity (Wildman–Crippen MR) is 108 cm³/mol. The first-order valence-corrected chi connectivity index (χ1v) is 9.38. The third-order valence-electron chi connectivity index (χ3n) is 5.51. The van der Waals surface area contributed by atoms with Gasteiger partial charge in [-0.05, 0) is 49.1 Å². The first kappa shape index (κ1) is 16.7. The van der Waals surface area contributed by atoms with E-state index in [1.807, 2.05) is 48.7 Å². The molecule has 5 rings (SSSR count). The van der Waals surface area contributed by atoms with Gasteiger partial charge < -0.3 is 14.7 Å². The van der Waals surface area contributed by atoms with Gasteiger partial charge in [-0.1, -0.05) is 17.7 Å². The zero-order valence-corrected chi connectivity index (χ0v) is 15.7. The third kappa shape index (κ3) is 2.52. The van der Waals surface area contributed by atoms with Gasteiger partial charge >= 0.3 is 0 Å². The highest BCUT2D eigenvalue weighted by molar-refractivity contribution is 5.84. The van der Waals surface area contributed by atoms with Crippen molar-refractivity contribution < 1.29 is 4.79 Å². The molecule has 1 aliphatic rings. The molecule has 4 heterocycles. The fraction of sp³-hybridized carbons (Fsp3) is 0.227. The molecule has 1 aliphatic heterocycles. The van der Waals surface area contributed by atoms with Crippen LogP contribution in [0.1, 0.15) is 40.4 Å². The SMILES string of the molecule is Cc1cc(C)c2[nH]c(=O)c([C@H]3CC(=O)NCc4nc5ccccn5c43)cc2c1. The molecule has 1 aromatic carbocycles. The van der Waals surface area contributed by atoms with Crippen LogP contribution in [0.15, 0.2) is 47.4 Å². The molecule has 1 amide bonds. The summed E-state index contributed by atoms with van der Waals surface area (Å²) in [5.74, 6) is -0.434. The molecule has 0 saturated carbocycles. The van der Waals surface area contributed by atoms with E-state index >= 15 is 0 Å². The number of aryl methyl sites for hydroxylation is 2. The molecule has 0 aliphatic carbocycles. The van der Waals surface area contributed by atoms with Gasteiger partial charge in [0.2, 0.25) is 5.91 Å². The van der Waals surface area contributed by atoms with Crippen LogP contribution in [-0.4, -0.2) is 20.3 Å². The summed E-state index contributed by atoms with van der Waals surface area (Å²) in [6.45, 7) is 4.40. The Hall–Kier alpha value is -3.41. The lowest BCUT2D eigenvalue weighted by Gasteiger charge is -2.16. The van der Waals surface area contributed by atoms with Gasteiger partial charge in [0.15, 0.2) is 0 Å². The molecule has 0 radical (unpaired) electrons. The van der Waals surface area contributed by atoms with Crippen LogP contribution in [0.25, 0.3) is 16.6 Å². The Morgan fingerprint density at radius 2 is 2.00 bits per heavy atom. The van der Waals surface area contributed by atoms with Crippen LogP contribution >= 0.6 is 0 Å². The number of imidazole rings is 1. The lowest BCUT2D eigenvalue weighted by molar-refractivity contribution is -0.121. The van der Waals surface area contributed by atoms with Crippen LogP contribution in [0.2, 0.25) is 0 Å². The van der Waals surface area contributed by atoms with E-state index in [-0.39, 0.29) is 23.8 Å². The highest BCUT2D eigenvalue weighted by atomic mass is 16.1. The van der Waals surface area contributed by atoms with E-state index in [0.29, 0.717) is 12.1 Å². The highest BCUT2D eigenvalue weighted by Crippen LogP contribution is 2.33. The average Bonchev–Trinajstić information content (AvgIpc) is 2.95. The van der Waals surface area contributed by atoms with Crippen LogP contribution in [-0.2, 0) is 11.3 Å². The zero-order valence-electron chi connectivity index (χ0n) is 15.7. The zero-order chi connectivity index (χ0) is 19.4. The summed E-state index contributed by atoms with van der Waals surface area (Å²) in [7, 11) is 0. The number of pyridine rings is 2. The number of rotatable bonds is 1. The second-order valence-corrected chi connectivity index (χ2v) is 7.51. The van der Waals surface area contributed by atoms with Crippen LogP contribution in [0.4, 0.5) is 0 Å². The standard InChI is InChI=1S/C22H20N4O2/c1-12-7-13(2)20-14(8-12)9-16(22(28)25-20)15-10-19(27)23-11-17-21(15)26-6-4-3-5-18(26)24-17/h3-9,15H,10-11H2,1-2H3,(H,23,27)(H,25,28)/t15-/m1/s1. The summed E-state index contributed by atoms with van der Waals surface area (Å²) in [5, 5.41) is 3.89. The van der Waals surface area contributed by atoms with E-state index in [1.54, 1.807) is 0 Å². The minimum atomic E-state index is -0.358. The number of H-pyrrole nitrogens is 1. The van der Waals surface area contributed by atoms with Gasteiger partial charge in [-0.15, -0.1) is 0 Å². The van der Waals surface area contributed by atoms with Gasteiger partial charge in [0.1, 0.15) is 5.65 Å². The highest BCUT2D eigenvalue weighted by Gasteiger charge is 2.30. The van der Waals surface area contributed by atoms with Crippen molar-refractivity contribution in [1.82, 2.24) is 19.7 Å². The summed E-state index contributed by atoms with van der Waals surface area (Å²) in [6.07, 6.45) is 2.16. The smallest absolute Gasteiger partial charge is 0.252 e. The van der Waals surface area contributed by atoms with Crippen molar-refractivity contribution in [1.29, 1.82) is 0 Å². The number of aromatic amines is 1. The molecule has 28 heavy (non-hydrogen) atoms. The van der Waals surface area contributed by atoms with Crippen molar-refractivity contribution in [3.05, 3.63) is 81.0 Å². The molecule has 0 bridgehead atoms. The molecule has 0 saturated heterocycles. The molecular formula is C22H20N4O2. The Morgan fingerprint density at radius 3 is 2.86 bits per heavy atom. The first-order chi connectivity index (χ1) is 13.5. The fourth-order valence-electron chi connectivity index (χ4n) is 4.32. The lowest BCUT2D eigenvalue weighted by atomic mass is 9.91. The van der Waals surface area contributed by atoms with Gasteiger partial charge in [-0.2, -0.15) is 0 Å². The number of nitrogens with one attached hydrogen (secondary N) is 2. The quantitative estimate of drug-likeness (QED) is 0.539. The van der Waals surface area contributed by atoms with Crippen LogP contribution in [0.3, 0.4) is 0 Å². The molecule has 1 atom stereocenters. The summed E-state index contributed by atoms with van der Waals surface area (Å²) < 4.78 is 1.99. The summed E-state index contributed by atoms with van der Waals surface area (Å²) >= 11 is 0. The topological polar surface area (TPSA) is 79.3 Å². The second-order valence-electron chi connectivity index (χ2n) is 7.51. The van der Waals surface area contributed by atoms with Crippen molar-refractivity contribution in [2.24, 2.45) is 0 Å². The number of aromatic nitrogens is 3. The van der Waals surface area contributed by atoms with E-state index in [4.69, 9.17) is 0 Å². The van der Waals surface area contributed by atoms with E-state index in [0.717, 1.165) is 39.1 Å². The number of benzene rings is 1. The third-order valence-corrected chi connectivity index (χ3v) is 5.51. The Labute approximate surface area is 161 Å². The van der Waals surface area contributed by atoms with E-state index < -0.39 is 0 Å². The molecule has 0 spiro atoms. The van der Waals surface area contributed by atoms with Crippen LogP contribution < -0.4 is 10.9 Å². The minimum absolute atomic E-state index is 0.0763. The molecule has 6 nitrogen and oxygen atoms in total. The van der Waals surface area contributed by atoms with E-state index in [9.17, 15) is 9.59 Å². The van der Waals surface area contributed by atoms with Crippen LogP contribution in [0, 0.1) is 13.8 Å². The molecular weight excluding hydrogens is 352 g/mol. The predicted octanol–water partition coefficient (Wildman–Crippen LogP) is 2.94. The molecule has 0 unspecified atom stereocenters. The van der Waals surface area contributed by atoms with Crippen molar-refractivity contribution >= 4 is 22.5 Å². The number of hydrogen-bond acceptors (Lipinski definition) is 3. The molecule has 140 valence electrons. The average molecular weight is 372 g/mol. The van der Waals surface area contributed by atoms with E-state index in [2.05, 4.69) is 27.4 Å². The maximum Gasteiger partial charge on any atom is 0.252 e. The molecule has 6 heteroatoms. The number of fused-ring (bicyclic) bond motifs is 4. The fourth-order valence-corrected chi connectivity index (χ4v) is 4.32. The second kappa shape index (κ2) is 6.05. The Balaban J connectivity index is 1.80. The Bertz CT molecular complexity index is 1320. The number of carbonyl (C=O) groups excluding carboxylic acids is 1. The number of amides is 1. The van der Waals surface area contributed by atoms with Crippen molar-refractivity contribution in [3.63, 3.8) is 0 Å². The lowest BCUT2D eigenvalue weighted by Crippen LogP contribution is -2.24. The summed E-state index contributed by atoms with van der Waals surface area (Å²) in [5.41, 5.74) is 5.99. The first-order valence-electron chi connectivity index (χ1n) is 9.38. The molecule has 4 aromatic rings. The maximum absolute atomic E-state index is 13.0. The van der Waals surface area contributed by atoms with Crippen molar-refractivity contribution in [2.45, 2.75) is 32.7 Å². The van der Waals surface area contributed by atoms with E-state index in [1.165, 1.54) is 0 Å².